The molecule has 1 aromatic heterocycles. The molecular formula is C11H10ClF3INO3. The molecule has 112 valence electrons. The number of carbonyl (C=O) groups is 1. The van der Waals surface area contributed by atoms with Gasteiger partial charge in [-0.3, -0.25) is 9.78 Å². The Morgan fingerprint density at radius 2 is 2.15 bits per heavy atom. The third-order valence-corrected chi connectivity index (χ3v) is 3.17. The lowest BCUT2D eigenvalue weighted by atomic mass is 10.1. The van der Waals surface area contributed by atoms with Crippen LogP contribution in [0, 0.1) is 3.57 Å². The number of alkyl halides is 4. The van der Waals surface area contributed by atoms with Crippen molar-refractivity contribution in [3.63, 3.8) is 0 Å². The lowest BCUT2D eigenvalue weighted by Gasteiger charge is -2.16. The predicted molar refractivity (Wildman–Crippen MR) is 73.5 cm³/mol. The number of hydrogen-bond acceptors (Lipinski definition) is 4. The van der Waals surface area contributed by atoms with Gasteiger partial charge in [-0.05, 0) is 29.5 Å². The summed E-state index contributed by atoms with van der Waals surface area (Å²) in [7, 11) is 0. The normalized spacial score (nSPS) is 11.3. The maximum Gasteiger partial charge on any atom is 0.573 e. The van der Waals surface area contributed by atoms with Gasteiger partial charge in [0, 0.05) is 11.8 Å². The van der Waals surface area contributed by atoms with Gasteiger partial charge < -0.3 is 9.47 Å². The van der Waals surface area contributed by atoms with Crippen molar-refractivity contribution in [3.8, 4) is 5.75 Å². The maximum atomic E-state index is 12.4. The minimum Gasteiger partial charge on any atom is -0.466 e. The van der Waals surface area contributed by atoms with Crippen LogP contribution >= 0.6 is 34.2 Å². The average Bonchev–Trinajstić information content (AvgIpc) is 2.33. The molecule has 0 aliphatic rings. The second-order valence-corrected chi connectivity index (χ2v) is 4.95. The molecule has 1 rings (SSSR count). The number of ether oxygens (including phenoxy) is 2. The first-order valence-corrected chi connectivity index (χ1v) is 7.03. The smallest absolute Gasteiger partial charge is 0.466 e. The third kappa shape index (κ3) is 4.97. The summed E-state index contributed by atoms with van der Waals surface area (Å²) in [5.74, 6) is -1.27. The molecule has 1 aromatic rings. The van der Waals surface area contributed by atoms with E-state index < -0.39 is 18.1 Å². The van der Waals surface area contributed by atoms with Crippen molar-refractivity contribution in [2.24, 2.45) is 0 Å². The van der Waals surface area contributed by atoms with Gasteiger partial charge in [-0.25, -0.2) is 0 Å². The summed E-state index contributed by atoms with van der Waals surface area (Å²) < 4.78 is 46.1. The number of rotatable bonds is 5. The van der Waals surface area contributed by atoms with E-state index in [1.165, 1.54) is 6.20 Å². The highest BCUT2D eigenvalue weighted by Gasteiger charge is 2.34. The van der Waals surface area contributed by atoms with Crippen LogP contribution in [0.25, 0.3) is 0 Å². The number of halogens is 5. The number of esters is 1. The van der Waals surface area contributed by atoms with Crippen molar-refractivity contribution in [3.05, 3.63) is 21.0 Å². The molecular weight excluding hydrogens is 413 g/mol. The summed E-state index contributed by atoms with van der Waals surface area (Å²) in [5.41, 5.74) is 0.141. The molecule has 0 atom stereocenters. The molecule has 0 bridgehead atoms. The second-order valence-electron chi connectivity index (χ2n) is 3.52. The van der Waals surface area contributed by atoms with Crippen LogP contribution in [0.1, 0.15) is 18.2 Å². The van der Waals surface area contributed by atoms with Gasteiger partial charge in [-0.15, -0.1) is 24.8 Å². The third-order valence-electron chi connectivity index (χ3n) is 2.14. The van der Waals surface area contributed by atoms with Gasteiger partial charge in [-0.2, -0.15) is 0 Å². The zero-order valence-corrected chi connectivity index (χ0v) is 13.2. The van der Waals surface area contributed by atoms with E-state index in [4.69, 9.17) is 16.3 Å². The second kappa shape index (κ2) is 7.30. The molecule has 0 spiro atoms. The van der Waals surface area contributed by atoms with Crippen molar-refractivity contribution in [2.75, 3.05) is 6.61 Å². The molecule has 1 heterocycles. The minimum absolute atomic E-state index is 0.0114. The van der Waals surface area contributed by atoms with Crippen molar-refractivity contribution >= 4 is 40.2 Å². The topological polar surface area (TPSA) is 48.4 Å². The van der Waals surface area contributed by atoms with Gasteiger partial charge in [0.05, 0.1) is 28.2 Å². The highest BCUT2D eigenvalue weighted by Crippen LogP contribution is 2.33. The maximum absolute atomic E-state index is 12.4. The van der Waals surface area contributed by atoms with Gasteiger partial charge in [0.1, 0.15) is 5.75 Å². The molecule has 0 saturated carbocycles. The number of hydrogen-bond donors (Lipinski definition) is 0. The van der Waals surface area contributed by atoms with Crippen LogP contribution in [0.4, 0.5) is 13.2 Å². The first-order chi connectivity index (χ1) is 9.28. The van der Waals surface area contributed by atoms with E-state index in [2.05, 4.69) is 9.72 Å². The van der Waals surface area contributed by atoms with E-state index in [9.17, 15) is 18.0 Å². The molecule has 0 radical (unpaired) electrons. The predicted octanol–water partition coefficient (Wildman–Crippen LogP) is 3.43. The number of aromatic nitrogens is 1. The summed E-state index contributed by atoms with van der Waals surface area (Å²) in [5, 5.41) is 0. The summed E-state index contributed by atoms with van der Waals surface area (Å²) in [6.45, 7) is 1.72. The standard InChI is InChI=1S/C11H10ClF3INO3/c1-2-19-9(18)3-6-8(4-12)17-5-7(16)10(6)20-11(13,14)15/h5H,2-4H2,1H3. The zero-order valence-electron chi connectivity index (χ0n) is 10.3. The monoisotopic (exact) mass is 423 g/mol. The highest BCUT2D eigenvalue weighted by atomic mass is 127. The largest absolute Gasteiger partial charge is 0.573 e. The first-order valence-electron chi connectivity index (χ1n) is 5.42. The Hall–Kier alpha value is -0.770. The van der Waals surface area contributed by atoms with Crippen LogP contribution in [0.2, 0.25) is 0 Å². The summed E-state index contributed by atoms with van der Waals surface area (Å²) in [4.78, 5) is 15.4. The lowest BCUT2D eigenvalue weighted by Crippen LogP contribution is -2.21. The Morgan fingerprint density at radius 1 is 1.50 bits per heavy atom. The summed E-state index contributed by atoms with van der Waals surface area (Å²) in [6, 6.07) is 0. The number of pyridine rings is 1. The highest BCUT2D eigenvalue weighted by molar-refractivity contribution is 14.1. The molecule has 0 unspecified atom stereocenters. The quantitative estimate of drug-likeness (QED) is 0.414. The molecule has 4 nitrogen and oxygen atoms in total. The van der Waals surface area contributed by atoms with Crippen molar-refractivity contribution in [2.45, 2.75) is 25.6 Å². The molecule has 0 N–H and O–H groups in total. The fourth-order valence-corrected chi connectivity index (χ4v) is 2.23. The summed E-state index contributed by atoms with van der Waals surface area (Å²) >= 11 is 7.28. The van der Waals surface area contributed by atoms with Crippen molar-refractivity contribution in [1.82, 2.24) is 4.98 Å². The molecule has 0 aliphatic heterocycles. The first kappa shape index (κ1) is 17.3. The molecule has 9 heteroatoms. The Bertz CT molecular complexity index is 497. The molecule has 0 aliphatic carbocycles. The Morgan fingerprint density at radius 3 is 2.65 bits per heavy atom. The average molecular weight is 424 g/mol. The Kier molecular flexibility index (Phi) is 6.31. The van der Waals surface area contributed by atoms with Gasteiger partial charge in [0.2, 0.25) is 0 Å². The van der Waals surface area contributed by atoms with Crippen LogP contribution < -0.4 is 4.74 Å². The molecule has 0 amide bonds. The minimum atomic E-state index is -4.87. The van der Waals surface area contributed by atoms with Gasteiger partial charge >= 0.3 is 12.3 Å². The fraction of sp³-hybridized carbons (Fsp3) is 0.455. The van der Waals surface area contributed by atoms with Crippen LogP contribution in [0.5, 0.6) is 5.75 Å². The lowest BCUT2D eigenvalue weighted by molar-refractivity contribution is -0.275. The Labute approximate surface area is 131 Å². The van der Waals surface area contributed by atoms with E-state index in [-0.39, 0.29) is 33.7 Å². The van der Waals surface area contributed by atoms with Crippen molar-refractivity contribution < 1.29 is 27.4 Å². The Balaban J connectivity index is 3.21. The van der Waals surface area contributed by atoms with E-state index in [0.29, 0.717) is 0 Å². The van der Waals surface area contributed by atoms with Crippen LogP contribution in [0.3, 0.4) is 0 Å². The van der Waals surface area contributed by atoms with E-state index in [1.54, 1.807) is 29.5 Å². The van der Waals surface area contributed by atoms with E-state index in [1.807, 2.05) is 0 Å². The molecule has 0 aromatic carbocycles. The number of nitrogens with zero attached hydrogens (tertiary/aromatic N) is 1. The summed E-state index contributed by atoms with van der Waals surface area (Å²) in [6.07, 6.45) is -4.05. The zero-order chi connectivity index (χ0) is 15.3. The molecule has 0 fully saturated rings. The molecule has 0 saturated heterocycles. The van der Waals surface area contributed by atoms with Gasteiger partial charge in [0.15, 0.2) is 0 Å². The molecule has 20 heavy (non-hydrogen) atoms. The van der Waals surface area contributed by atoms with E-state index in [0.717, 1.165) is 0 Å². The van der Waals surface area contributed by atoms with Gasteiger partial charge in [0.25, 0.3) is 0 Å². The van der Waals surface area contributed by atoms with Crippen LogP contribution in [0.15, 0.2) is 6.20 Å². The van der Waals surface area contributed by atoms with Gasteiger partial charge in [-0.1, -0.05) is 0 Å². The van der Waals surface area contributed by atoms with Crippen molar-refractivity contribution in [1.29, 1.82) is 0 Å². The SMILES string of the molecule is CCOC(=O)Cc1c(CCl)ncc(I)c1OC(F)(F)F. The van der Waals surface area contributed by atoms with Crippen LogP contribution in [-0.2, 0) is 21.8 Å². The number of carbonyl (C=O) groups excluding carboxylic acids is 1. The fourth-order valence-electron chi connectivity index (χ4n) is 1.43. The van der Waals surface area contributed by atoms with Crippen LogP contribution in [-0.4, -0.2) is 23.9 Å². The van der Waals surface area contributed by atoms with E-state index >= 15 is 0 Å².